The Morgan fingerprint density at radius 1 is 1.44 bits per heavy atom. The first-order valence-electron chi connectivity index (χ1n) is 5.12. The molecule has 0 radical (unpaired) electrons. The molecule has 1 aliphatic heterocycles. The summed E-state index contributed by atoms with van der Waals surface area (Å²) < 4.78 is 5.62. The van der Waals surface area contributed by atoms with E-state index >= 15 is 0 Å². The summed E-state index contributed by atoms with van der Waals surface area (Å²) >= 11 is 12.1. The van der Waals surface area contributed by atoms with E-state index in [9.17, 15) is 0 Å². The van der Waals surface area contributed by atoms with Gasteiger partial charge in [-0.1, -0.05) is 23.2 Å². The molecule has 1 N–H and O–H groups in total. The number of nitrogens with one attached hydrogen (secondary N) is 1. The fourth-order valence-electron chi connectivity index (χ4n) is 1.89. The second-order valence-electron chi connectivity index (χ2n) is 3.66. The van der Waals surface area contributed by atoms with Gasteiger partial charge in [0.05, 0.1) is 24.8 Å². The molecule has 16 heavy (non-hydrogen) atoms. The van der Waals surface area contributed by atoms with Crippen LogP contribution in [0.3, 0.4) is 0 Å². The Balaban J connectivity index is 2.43. The topological polar surface area (TPSA) is 30.5 Å². The van der Waals surface area contributed by atoms with Crippen LogP contribution in [0, 0.1) is 0 Å². The molecule has 0 fully saturated rings. The molecule has 0 bridgehead atoms. The van der Waals surface area contributed by atoms with Gasteiger partial charge in [0, 0.05) is 10.6 Å². The smallest absolute Gasteiger partial charge is 0.127 e. The van der Waals surface area contributed by atoms with E-state index in [0.717, 1.165) is 24.2 Å². The van der Waals surface area contributed by atoms with Crippen molar-refractivity contribution in [2.45, 2.75) is 18.9 Å². The first kappa shape index (κ1) is 12.0. The Hall–Kier alpha value is -0.480. The summed E-state index contributed by atoms with van der Waals surface area (Å²) in [5, 5.41) is 1.20. The number of rotatable bonds is 2. The monoisotopic (exact) mass is 261 g/mol. The van der Waals surface area contributed by atoms with Crippen molar-refractivity contribution in [3.05, 3.63) is 27.7 Å². The average Bonchev–Trinajstić information content (AvgIpc) is 2.41. The normalized spacial score (nSPS) is 19.8. The SMILES string of the molecule is CONC1CCCOc2cc(Cl)cc(Cl)c21. The average molecular weight is 262 g/mol. The highest BCUT2D eigenvalue weighted by molar-refractivity contribution is 6.35. The van der Waals surface area contributed by atoms with E-state index in [1.807, 2.05) is 0 Å². The highest BCUT2D eigenvalue weighted by Gasteiger charge is 2.23. The summed E-state index contributed by atoms with van der Waals surface area (Å²) in [4.78, 5) is 4.98. The van der Waals surface area contributed by atoms with Crippen LogP contribution in [0.25, 0.3) is 0 Å². The summed E-state index contributed by atoms with van der Waals surface area (Å²) in [6, 6.07) is 3.56. The molecule has 3 nitrogen and oxygen atoms in total. The van der Waals surface area contributed by atoms with Crippen LogP contribution in [0.5, 0.6) is 5.75 Å². The zero-order valence-corrected chi connectivity index (χ0v) is 10.4. The van der Waals surface area contributed by atoms with Crippen molar-refractivity contribution in [1.29, 1.82) is 0 Å². The minimum Gasteiger partial charge on any atom is -0.493 e. The van der Waals surface area contributed by atoms with Gasteiger partial charge in [0.1, 0.15) is 5.75 Å². The molecule has 0 saturated heterocycles. The summed E-state index contributed by atoms with van der Waals surface area (Å²) in [5.41, 5.74) is 3.86. The lowest BCUT2D eigenvalue weighted by molar-refractivity contribution is 0.0580. The Morgan fingerprint density at radius 2 is 2.25 bits per heavy atom. The van der Waals surface area contributed by atoms with Gasteiger partial charge < -0.3 is 9.57 Å². The quantitative estimate of drug-likeness (QED) is 0.829. The number of halogens is 2. The molecule has 2 rings (SSSR count). The van der Waals surface area contributed by atoms with E-state index in [-0.39, 0.29) is 6.04 Å². The molecule has 0 saturated carbocycles. The highest BCUT2D eigenvalue weighted by atomic mass is 35.5. The molecule has 1 aliphatic rings. The third-order valence-electron chi connectivity index (χ3n) is 2.56. The molecule has 0 amide bonds. The van der Waals surface area contributed by atoms with Gasteiger partial charge >= 0.3 is 0 Å². The van der Waals surface area contributed by atoms with Gasteiger partial charge in [-0.15, -0.1) is 0 Å². The van der Waals surface area contributed by atoms with Crippen LogP contribution in [0.15, 0.2) is 12.1 Å². The zero-order chi connectivity index (χ0) is 11.5. The lowest BCUT2D eigenvalue weighted by atomic mass is 10.0. The molecule has 1 unspecified atom stereocenters. The summed E-state index contributed by atoms with van der Waals surface area (Å²) in [6.07, 6.45) is 1.87. The van der Waals surface area contributed by atoms with Crippen LogP contribution in [-0.4, -0.2) is 13.7 Å². The van der Waals surface area contributed by atoms with Crippen LogP contribution < -0.4 is 10.2 Å². The lowest BCUT2D eigenvalue weighted by Crippen LogP contribution is -2.19. The number of fused-ring (bicyclic) bond motifs is 1. The van der Waals surface area contributed by atoms with E-state index < -0.39 is 0 Å². The molecule has 0 aliphatic carbocycles. The molecule has 1 atom stereocenters. The standard InChI is InChI=1S/C11H13Cl2NO2/c1-15-14-9-3-2-4-16-10-6-7(12)5-8(13)11(9)10/h5-6,9,14H,2-4H2,1H3. The minimum absolute atomic E-state index is 0.0484. The van der Waals surface area contributed by atoms with Crippen LogP contribution in [-0.2, 0) is 4.84 Å². The Kier molecular flexibility index (Phi) is 3.92. The molecule has 0 aromatic heterocycles. The van der Waals surface area contributed by atoms with Crippen molar-refractivity contribution in [2.75, 3.05) is 13.7 Å². The van der Waals surface area contributed by atoms with Crippen molar-refractivity contribution in [2.24, 2.45) is 0 Å². The van der Waals surface area contributed by atoms with E-state index in [2.05, 4.69) is 5.48 Å². The molecule has 1 heterocycles. The minimum atomic E-state index is 0.0484. The number of hydrogen-bond donors (Lipinski definition) is 1. The van der Waals surface area contributed by atoms with Crippen LogP contribution >= 0.6 is 23.2 Å². The van der Waals surface area contributed by atoms with Gasteiger partial charge in [0.25, 0.3) is 0 Å². The van der Waals surface area contributed by atoms with Gasteiger partial charge in [-0.2, -0.15) is 5.48 Å². The van der Waals surface area contributed by atoms with Gasteiger partial charge in [-0.25, -0.2) is 0 Å². The molecular formula is C11H13Cl2NO2. The Morgan fingerprint density at radius 3 is 3.00 bits per heavy atom. The Bertz CT molecular complexity index is 384. The van der Waals surface area contributed by atoms with Gasteiger partial charge in [-0.3, -0.25) is 0 Å². The maximum absolute atomic E-state index is 6.19. The van der Waals surface area contributed by atoms with E-state index in [0.29, 0.717) is 16.7 Å². The first-order valence-corrected chi connectivity index (χ1v) is 5.88. The summed E-state index contributed by atoms with van der Waals surface area (Å²) in [5.74, 6) is 0.740. The van der Waals surface area contributed by atoms with Crippen LogP contribution in [0.2, 0.25) is 10.0 Å². The van der Waals surface area contributed by atoms with Gasteiger partial charge in [0.2, 0.25) is 0 Å². The van der Waals surface area contributed by atoms with E-state index in [1.165, 1.54) is 0 Å². The highest BCUT2D eigenvalue weighted by Crippen LogP contribution is 2.39. The number of hydroxylamine groups is 1. The third-order valence-corrected chi connectivity index (χ3v) is 3.09. The Labute approximate surface area is 105 Å². The number of hydrogen-bond acceptors (Lipinski definition) is 3. The van der Waals surface area contributed by atoms with Crippen molar-refractivity contribution < 1.29 is 9.57 Å². The fourth-order valence-corrected chi connectivity index (χ4v) is 2.50. The maximum Gasteiger partial charge on any atom is 0.127 e. The zero-order valence-electron chi connectivity index (χ0n) is 8.93. The molecule has 0 spiro atoms. The number of benzene rings is 1. The van der Waals surface area contributed by atoms with Gasteiger partial charge in [-0.05, 0) is 25.0 Å². The van der Waals surface area contributed by atoms with E-state index in [4.69, 9.17) is 32.8 Å². The summed E-state index contributed by atoms with van der Waals surface area (Å²) in [6.45, 7) is 0.672. The predicted molar refractivity (Wildman–Crippen MR) is 64.1 cm³/mol. The third kappa shape index (κ3) is 2.43. The first-order chi connectivity index (χ1) is 7.72. The maximum atomic E-state index is 6.19. The van der Waals surface area contributed by atoms with Crippen LogP contribution in [0.1, 0.15) is 24.4 Å². The van der Waals surface area contributed by atoms with Crippen molar-refractivity contribution in [3.8, 4) is 5.75 Å². The molecule has 1 aromatic carbocycles. The lowest BCUT2D eigenvalue weighted by Gasteiger charge is -2.18. The van der Waals surface area contributed by atoms with Crippen molar-refractivity contribution >= 4 is 23.2 Å². The molecule has 5 heteroatoms. The fraction of sp³-hybridized carbons (Fsp3) is 0.455. The molecule has 1 aromatic rings. The molecule has 88 valence electrons. The second-order valence-corrected chi connectivity index (χ2v) is 4.51. The summed E-state index contributed by atoms with van der Waals surface area (Å²) in [7, 11) is 1.59. The second kappa shape index (κ2) is 5.23. The molecular weight excluding hydrogens is 249 g/mol. The van der Waals surface area contributed by atoms with Crippen LogP contribution in [0.4, 0.5) is 0 Å². The van der Waals surface area contributed by atoms with Crippen molar-refractivity contribution in [3.63, 3.8) is 0 Å². The van der Waals surface area contributed by atoms with Crippen molar-refractivity contribution in [1.82, 2.24) is 5.48 Å². The predicted octanol–water partition coefficient (Wildman–Crippen LogP) is 3.36. The largest absolute Gasteiger partial charge is 0.493 e. The number of ether oxygens (including phenoxy) is 1. The van der Waals surface area contributed by atoms with E-state index in [1.54, 1.807) is 19.2 Å². The van der Waals surface area contributed by atoms with Gasteiger partial charge in [0.15, 0.2) is 0 Å².